The summed E-state index contributed by atoms with van der Waals surface area (Å²) in [7, 11) is 1.72. The van der Waals surface area contributed by atoms with Crippen molar-refractivity contribution in [2.75, 3.05) is 20.3 Å². The predicted octanol–water partition coefficient (Wildman–Crippen LogP) is 4.54. The lowest BCUT2D eigenvalue weighted by Crippen LogP contribution is -2.18. The number of benzene rings is 1. The van der Waals surface area contributed by atoms with E-state index in [0.717, 1.165) is 25.4 Å². The van der Waals surface area contributed by atoms with Gasteiger partial charge in [-0.1, -0.05) is 12.1 Å². The van der Waals surface area contributed by atoms with Gasteiger partial charge in [-0.25, -0.2) is 0 Å². The summed E-state index contributed by atoms with van der Waals surface area (Å²) >= 11 is 7.25. The lowest BCUT2D eigenvalue weighted by molar-refractivity contribution is 0.199. The van der Waals surface area contributed by atoms with E-state index in [1.807, 2.05) is 11.8 Å². The van der Waals surface area contributed by atoms with Crippen LogP contribution >= 0.6 is 39.0 Å². The Kier molecular flexibility index (Phi) is 7.10. The van der Waals surface area contributed by atoms with E-state index in [1.54, 1.807) is 18.4 Å². The highest BCUT2D eigenvalue weighted by molar-refractivity contribution is 9.10. The minimum atomic E-state index is 0.751. The van der Waals surface area contributed by atoms with Crippen molar-refractivity contribution in [1.82, 2.24) is 5.32 Å². The number of thiophene rings is 1. The van der Waals surface area contributed by atoms with Crippen LogP contribution in [-0.4, -0.2) is 20.3 Å². The van der Waals surface area contributed by atoms with Gasteiger partial charge in [0.15, 0.2) is 0 Å². The zero-order valence-corrected chi connectivity index (χ0v) is 14.6. The maximum absolute atomic E-state index is 5.02. The zero-order valence-electron chi connectivity index (χ0n) is 11.4. The van der Waals surface area contributed by atoms with Crippen LogP contribution in [0.4, 0.5) is 0 Å². The Balaban J connectivity index is 1.84. The summed E-state index contributed by atoms with van der Waals surface area (Å²) in [6.07, 6.45) is 0. The summed E-state index contributed by atoms with van der Waals surface area (Å²) < 4.78 is 6.24. The molecule has 1 heterocycles. The molecule has 1 aromatic carbocycles. The Bertz CT molecular complexity index is 530. The van der Waals surface area contributed by atoms with Gasteiger partial charge in [-0.2, -0.15) is 0 Å². The largest absolute Gasteiger partial charge is 0.383 e. The first kappa shape index (κ1) is 16.0. The van der Waals surface area contributed by atoms with E-state index in [1.165, 1.54) is 19.8 Å². The molecule has 2 nitrogen and oxygen atoms in total. The summed E-state index contributed by atoms with van der Waals surface area (Å²) in [4.78, 5) is 2.70. The second-order valence-electron chi connectivity index (χ2n) is 4.30. The Morgan fingerprint density at radius 1 is 1.35 bits per heavy atom. The molecule has 20 heavy (non-hydrogen) atoms. The fourth-order valence-electron chi connectivity index (χ4n) is 1.73. The van der Waals surface area contributed by atoms with Crippen LogP contribution in [0, 0.1) is 0 Å². The van der Waals surface area contributed by atoms with Crippen molar-refractivity contribution < 1.29 is 4.74 Å². The van der Waals surface area contributed by atoms with Crippen LogP contribution in [0.15, 0.2) is 45.1 Å². The quantitative estimate of drug-likeness (QED) is 0.543. The van der Waals surface area contributed by atoms with Crippen molar-refractivity contribution in [3.8, 4) is 0 Å². The van der Waals surface area contributed by atoms with Crippen molar-refractivity contribution in [2.45, 2.75) is 17.2 Å². The number of ether oxygens (including phenoxy) is 1. The summed E-state index contributed by atoms with van der Waals surface area (Å²) in [6, 6.07) is 10.8. The minimum Gasteiger partial charge on any atom is -0.383 e. The van der Waals surface area contributed by atoms with Gasteiger partial charge < -0.3 is 10.1 Å². The van der Waals surface area contributed by atoms with E-state index in [4.69, 9.17) is 4.74 Å². The van der Waals surface area contributed by atoms with Gasteiger partial charge in [0, 0.05) is 40.2 Å². The van der Waals surface area contributed by atoms with E-state index >= 15 is 0 Å². The Morgan fingerprint density at radius 3 is 3.00 bits per heavy atom. The first-order chi connectivity index (χ1) is 9.79. The molecule has 1 aromatic heterocycles. The Hall–Kier alpha value is -0.330. The molecule has 0 aliphatic rings. The molecule has 0 radical (unpaired) electrons. The van der Waals surface area contributed by atoms with Crippen LogP contribution in [0.2, 0.25) is 0 Å². The third-order valence-corrected chi connectivity index (χ3v) is 5.90. The normalized spacial score (nSPS) is 10.9. The van der Waals surface area contributed by atoms with Crippen molar-refractivity contribution in [3.63, 3.8) is 0 Å². The van der Waals surface area contributed by atoms with Gasteiger partial charge in [0.1, 0.15) is 0 Å². The molecule has 0 amide bonds. The van der Waals surface area contributed by atoms with Crippen LogP contribution in [-0.2, 0) is 17.0 Å². The topological polar surface area (TPSA) is 21.3 Å². The fraction of sp³-hybridized carbons (Fsp3) is 0.333. The van der Waals surface area contributed by atoms with E-state index in [-0.39, 0.29) is 0 Å². The van der Waals surface area contributed by atoms with Crippen LogP contribution in [0.5, 0.6) is 0 Å². The number of halogens is 1. The lowest BCUT2D eigenvalue weighted by Gasteiger charge is -2.06. The number of thioether (sulfide) groups is 1. The molecule has 2 aromatic rings. The summed E-state index contributed by atoms with van der Waals surface area (Å²) in [5, 5.41) is 5.49. The first-order valence-corrected chi connectivity index (χ1v) is 9.08. The van der Waals surface area contributed by atoms with Gasteiger partial charge in [0.25, 0.3) is 0 Å². The van der Waals surface area contributed by atoms with Gasteiger partial charge in [0.2, 0.25) is 0 Å². The molecule has 0 saturated heterocycles. The number of hydrogen-bond donors (Lipinski definition) is 1. The van der Waals surface area contributed by atoms with Gasteiger partial charge in [-0.05, 0) is 45.1 Å². The number of hydrogen-bond acceptors (Lipinski definition) is 4. The average Bonchev–Trinajstić information content (AvgIpc) is 2.87. The molecule has 0 fully saturated rings. The van der Waals surface area contributed by atoms with Crippen LogP contribution in [0.1, 0.15) is 10.4 Å². The van der Waals surface area contributed by atoms with Crippen molar-refractivity contribution in [2.24, 2.45) is 0 Å². The SMILES string of the molecule is COCCNCc1cccc(SCc2sccc2Br)c1. The fourth-order valence-corrected chi connectivity index (χ4v) is 4.50. The van der Waals surface area contributed by atoms with Gasteiger partial charge in [0.05, 0.1) is 6.61 Å². The number of rotatable bonds is 8. The minimum absolute atomic E-state index is 0.751. The second-order valence-corrected chi connectivity index (χ2v) is 7.20. The third kappa shape index (κ3) is 5.22. The zero-order chi connectivity index (χ0) is 14.2. The molecule has 0 unspecified atom stereocenters. The van der Waals surface area contributed by atoms with Gasteiger partial charge in [-0.3, -0.25) is 0 Å². The monoisotopic (exact) mass is 371 g/mol. The van der Waals surface area contributed by atoms with Gasteiger partial charge >= 0.3 is 0 Å². The summed E-state index contributed by atoms with van der Waals surface area (Å²) in [6.45, 7) is 2.53. The standard InChI is InChI=1S/C15H18BrNOS2/c1-18-7-6-17-10-12-3-2-4-13(9-12)20-11-15-14(16)5-8-19-15/h2-5,8-9,17H,6-7,10-11H2,1H3. The molecule has 0 atom stereocenters. The van der Waals surface area contributed by atoms with Crippen LogP contribution in [0.3, 0.4) is 0 Å². The number of nitrogens with one attached hydrogen (secondary N) is 1. The predicted molar refractivity (Wildman–Crippen MR) is 91.6 cm³/mol. The van der Waals surface area contributed by atoms with Gasteiger partial charge in [-0.15, -0.1) is 23.1 Å². The van der Waals surface area contributed by atoms with Crippen molar-refractivity contribution in [1.29, 1.82) is 0 Å². The summed E-state index contributed by atoms with van der Waals surface area (Å²) in [5.41, 5.74) is 1.32. The van der Waals surface area contributed by atoms with E-state index < -0.39 is 0 Å². The molecular weight excluding hydrogens is 354 g/mol. The molecule has 0 bridgehead atoms. The Morgan fingerprint density at radius 2 is 2.25 bits per heavy atom. The second kappa shape index (κ2) is 8.85. The molecular formula is C15H18BrNOS2. The molecule has 0 spiro atoms. The lowest BCUT2D eigenvalue weighted by atomic mass is 10.2. The molecule has 0 aliphatic carbocycles. The smallest absolute Gasteiger partial charge is 0.0587 e. The molecule has 2 rings (SSSR count). The van der Waals surface area contributed by atoms with Crippen molar-refractivity contribution >= 4 is 39.0 Å². The van der Waals surface area contributed by atoms with E-state index in [9.17, 15) is 0 Å². The van der Waals surface area contributed by atoms with Crippen LogP contribution < -0.4 is 5.32 Å². The average molecular weight is 372 g/mol. The molecule has 1 N–H and O–H groups in total. The van der Waals surface area contributed by atoms with Crippen molar-refractivity contribution in [3.05, 3.63) is 50.6 Å². The van der Waals surface area contributed by atoms with Crippen LogP contribution in [0.25, 0.3) is 0 Å². The highest BCUT2D eigenvalue weighted by atomic mass is 79.9. The number of methoxy groups -OCH3 is 1. The highest BCUT2D eigenvalue weighted by Gasteiger charge is 2.03. The maximum atomic E-state index is 5.02. The molecule has 108 valence electrons. The Labute approximate surface area is 137 Å². The van der Waals surface area contributed by atoms with E-state index in [0.29, 0.717) is 0 Å². The first-order valence-electron chi connectivity index (χ1n) is 6.43. The highest BCUT2D eigenvalue weighted by Crippen LogP contribution is 2.30. The molecule has 0 saturated carbocycles. The maximum Gasteiger partial charge on any atom is 0.0587 e. The summed E-state index contributed by atoms with van der Waals surface area (Å²) in [5.74, 6) is 1.01. The molecule has 5 heteroatoms. The van der Waals surface area contributed by atoms with E-state index in [2.05, 4.69) is 57.0 Å². The third-order valence-electron chi connectivity index (χ3n) is 2.77. The molecule has 0 aliphatic heterocycles.